The molecule has 0 aliphatic heterocycles. The van der Waals surface area contributed by atoms with E-state index >= 15 is 0 Å². The SMILES string of the molecule is CC(C)n1c(Sc2csc(C=O)c2)n[nH]c1=O. The lowest BCUT2D eigenvalue weighted by Crippen LogP contribution is -2.19. The number of carbonyl (C=O) groups excluding carboxylic acids is 1. The maximum atomic E-state index is 11.5. The number of thiophene rings is 1. The third kappa shape index (κ3) is 2.50. The van der Waals surface area contributed by atoms with Gasteiger partial charge in [0.2, 0.25) is 0 Å². The van der Waals surface area contributed by atoms with Crippen molar-refractivity contribution in [3.8, 4) is 0 Å². The van der Waals surface area contributed by atoms with E-state index in [-0.39, 0.29) is 11.7 Å². The highest BCUT2D eigenvalue weighted by Crippen LogP contribution is 2.29. The lowest BCUT2D eigenvalue weighted by molar-refractivity contribution is 0.112. The van der Waals surface area contributed by atoms with Crippen LogP contribution in [0.2, 0.25) is 0 Å². The smallest absolute Gasteiger partial charge is 0.297 e. The summed E-state index contributed by atoms with van der Waals surface area (Å²) in [5, 5.41) is 8.89. The van der Waals surface area contributed by atoms with Crippen molar-refractivity contribution in [3.05, 3.63) is 26.8 Å². The molecule has 2 heterocycles. The van der Waals surface area contributed by atoms with Gasteiger partial charge >= 0.3 is 5.69 Å². The van der Waals surface area contributed by atoms with Gasteiger partial charge in [-0.15, -0.1) is 16.4 Å². The second-order valence-corrected chi connectivity index (χ2v) is 5.66. The van der Waals surface area contributed by atoms with Gasteiger partial charge in [0.15, 0.2) is 11.4 Å². The highest BCUT2D eigenvalue weighted by molar-refractivity contribution is 7.99. The summed E-state index contributed by atoms with van der Waals surface area (Å²) >= 11 is 2.75. The molecule has 7 heteroatoms. The van der Waals surface area contributed by atoms with Crippen molar-refractivity contribution in [1.29, 1.82) is 0 Å². The number of aldehydes is 1. The van der Waals surface area contributed by atoms with Crippen molar-refractivity contribution < 1.29 is 4.79 Å². The summed E-state index contributed by atoms with van der Waals surface area (Å²) < 4.78 is 1.59. The molecule has 90 valence electrons. The van der Waals surface area contributed by atoms with Crippen LogP contribution in [0, 0.1) is 0 Å². The molecule has 0 amide bonds. The van der Waals surface area contributed by atoms with E-state index in [4.69, 9.17) is 0 Å². The molecule has 0 spiro atoms. The van der Waals surface area contributed by atoms with E-state index in [0.717, 1.165) is 11.2 Å². The normalized spacial score (nSPS) is 11.0. The number of nitrogens with one attached hydrogen (secondary N) is 1. The van der Waals surface area contributed by atoms with Gasteiger partial charge in [0.25, 0.3) is 0 Å². The van der Waals surface area contributed by atoms with Crippen LogP contribution in [-0.2, 0) is 0 Å². The van der Waals surface area contributed by atoms with Crippen LogP contribution in [0.5, 0.6) is 0 Å². The third-order valence-corrected chi connectivity index (χ3v) is 4.06. The van der Waals surface area contributed by atoms with Crippen LogP contribution in [-0.4, -0.2) is 21.1 Å². The summed E-state index contributed by atoms with van der Waals surface area (Å²) in [7, 11) is 0. The molecule has 2 aromatic rings. The van der Waals surface area contributed by atoms with Crippen LogP contribution >= 0.6 is 23.1 Å². The maximum absolute atomic E-state index is 11.5. The van der Waals surface area contributed by atoms with Crippen molar-refractivity contribution in [1.82, 2.24) is 14.8 Å². The van der Waals surface area contributed by atoms with Crippen LogP contribution in [0.25, 0.3) is 0 Å². The van der Waals surface area contributed by atoms with Gasteiger partial charge in [-0.2, -0.15) is 0 Å². The molecule has 0 saturated heterocycles. The summed E-state index contributed by atoms with van der Waals surface area (Å²) in [6.45, 7) is 3.84. The molecule has 0 bridgehead atoms. The Morgan fingerprint density at radius 2 is 2.35 bits per heavy atom. The van der Waals surface area contributed by atoms with Gasteiger partial charge in [0, 0.05) is 16.3 Å². The first-order valence-corrected chi connectivity index (χ1v) is 6.70. The summed E-state index contributed by atoms with van der Waals surface area (Å²) in [4.78, 5) is 23.7. The fourth-order valence-electron chi connectivity index (χ4n) is 1.37. The van der Waals surface area contributed by atoms with Gasteiger partial charge in [-0.1, -0.05) is 0 Å². The Balaban J connectivity index is 2.30. The van der Waals surface area contributed by atoms with Gasteiger partial charge in [-0.05, 0) is 31.7 Å². The first kappa shape index (κ1) is 12.1. The highest BCUT2D eigenvalue weighted by atomic mass is 32.2. The molecule has 0 aromatic carbocycles. The van der Waals surface area contributed by atoms with Crippen LogP contribution in [0.3, 0.4) is 0 Å². The van der Waals surface area contributed by atoms with Gasteiger partial charge in [0.05, 0.1) is 4.88 Å². The molecule has 0 radical (unpaired) electrons. The number of rotatable bonds is 4. The quantitative estimate of drug-likeness (QED) is 0.864. The number of hydrogen-bond acceptors (Lipinski definition) is 5. The van der Waals surface area contributed by atoms with Crippen LogP contribution in [0.4, 0.5) is 0 Å². The van der Waals surface area contributed by atoms with E-state index < -0.39 is 0 Å². The molecule has 0 saturated carbocycles. The Hall–Kier alpha value is -1.34. The molecule has 0 fully saturated rings. The van der Waals surface area contributed by atoms with Gasteiger partial charge in [-0.3, -0.25) is 9.36 Å². The van der Waals surface area contributed by atoms with Crippen LogP contribution in [0.15, 0.2) is 26.3 Å². The zero-order valence-corrected chi connectivity index (χ0v) is 11.0. The molecule has 1 N–H and O–H groups in total. The second kappa shape index (κ2) is 4.89. The first-order valence-electron chi connectivity index (χ1n) is 5.00. The third-order valence-electron chi connectivity index (χ3n) is 2.11. The number of nitrogens with zero attached hydrogens (tertiary/aromatic N) is 2. The summed E-state index contributed by atoms with van der Waals surface area (Å²) in [6, 6.07) is 1.83. The Kier molecular flexibility index (Phi) is 3.49. The Morgan fingerprint density at radius 1 is 1.59 bits per heavy atom. The van der Waals surface area contributed by atoms with Crippen molar-refractivity contribution in [2.24, 2.45) is 0 Å². The molecule has 0 atom stereocenters. The number of hydrogen-bond donors (Lipinski definition) is 1. The number of H-pyrrole nitrogens is 1. The molecule has 17 heavy (non-hydrogen) atoms. The zero-order valence-electron chi connectivity index (χ0n) is 9.34. The Morgan fingerprint density at radius 3 is 2.94 bits per heavy atom. The van der Waals surface area contributed by atoms with Crippen molar-refractivity contribution >= 4 is 29.4 Å². The lowest BCUT2D eigenvalue weighted by atomic mass is 10.4. The summed E-state index contributed by atoms with van der Waals surface area (Å²) in [5.74, 6) is 0. The van der Waals surface area contributed by atoms with Gasteiger partial charge < -0.3 is 0 Å². The number of aromatic nitrogens is 3. The zero-order chi connectivity index (χ0) is 12.4. The monoisotopic (exact) mass is 269 g/mol. The minimum Gasteiger partial charge on any atom is -0.297 e. The van der Waals surface area contributed by atoms with Gasteiger partial charge in [0.1, 0.15) is 0 Å². The van der Waals surface area contributed by atoms with Crippen molar-refractivity contribution in [3.63, 3.8) is 0 Å². The van der Waals surface area contributed by atoms with Crippen LogP contribution < -0.4 is 5.69 Å². The average molecular weight is 269 g/mol. The van der Waals surface area contributed by atoms with Gasteiger partial charge in [-0.25, -0.2) is 9.89 Å². The molecular formula is C10H11N3O2S2. The Bertz CT molecular complexity index is 582. The predicted octanol–water partition coefficient (Wildman–Crippen LogP) is 2.18. The number of aromatic amines is 1. The first-order chi connectivity index (χ1) is 8.11. The summed E-state index contributed by atoms with van der Waals surface area (Å²) in [5.41, 5.74) is -0.214. The van der Waals surface area contributed by atoms with E-state index in [1.807, 2.05) is 19.2 Å². The largest absolute Gasteiger partial charge is 0.344 e. The molecule has 0 unspecified atom stereocenters. The number of carbonyl (C=O) groups is 1. The minimum absolute atomic E-state index is 0.0490. The molecule has 2 rings (SSSR count). The highest BCUT2D eigenvalue weighted by Gasteiger charge is 2.13. The molecule has 5 nitrogen and oxygen atoms in total. The topological polar surface area (TPSA) is 67.8 Å². The van der Waals surface area contributed by atoms with Crippen molar-refractivity contribution in [2.45, 2.75) is 29.9 Å². The molecule has 2 aromatic heterocycles. The minimum atomic E-state index is -0.214. The standard InChI is InChI=1S/C10H11N3O2S2/c1-6(2)13-9(15)11-12-10(13)17-8-3-7(4-14)16-5-8/h3-6H,1-2H3,(H,11,15). The molecule has 0 aliphatic carbocycles. The van der Waals surface area contributed by atoms with E-state index in [1.54, 1.807) is 10.6 Å². The van der Waals surface area contributed by atoms with E-state index in [0.29, 0.717) is 10.0 Å². The maximum Gasteiger partial charge on any atom is 0.344 e. The van der Waals surface area contributed by atoms with Crippen LogP contribution in [0.1, 0.15) is 29.6 Å². The summed E-state index contributed by atoms with van der Waals surface area (Å²) in [6.07, 6.45) is 0.814. The molecular weight excluding hydrogens is 258 g/mol. The van der Waals surface area contributed by atoms with E-state index in [9.17, 15) is 9.59 Å². The fourth-order valence-corrected chi connectivity index (χ4v) is 3.24. The van der Waals surface area contributed by atoms with E-state index in [1.165, 1.54) is 23.1 Å². The Labute approximate surface area is 106 Å². The molecule has 0 aliphatic rings. The lowest BCUT2D eigenvalue weighted by Gasteiger charge is -2.07. The van der Waals surface area contributed by atoms with Crippen molar-refractivity contribution in [2.75, 3.05) is 0 Å². The average Bonchev–Trinajstić information content (AvgIpc) is 2.86. The fraction of sp³-hybridized carbons (Fsp3) is 0.300. The van der Waals surface area contributed by atoms with E-state index in [2.05, 4.69) is 10.2 Å². The second-order valence-electron chi connectivity index (χ2n) is 3.68. The predicted molar refractivity (Wildman–Crippen MR) is 67.1 cm³/mol.